The highest BCUT2D eigenvalue weighted by Crippen LogP contribution is 2.41. The number of carbonyl (C=O) groups excluding carboxylic acids is 1. The molecule has 1 aromatic carbocycles. The van der Waals surface area contributed by atoms with Gasteiger partial charge < -0.3 is 5.32 Å². The summed E-state index contributed by atoms with van der Waals surface area (Å²) >= 11 is 0.700. The normalized spacial score (nSPS) is 19.4. The first-order valence-corrected chi connectivity index (χ1v) is 12.4. The topological polar surface area (TPSA) is 29.1 Å². The predicted molar refractivity (Wildman–Crippen MR) is 115 cm³/mol. The van der Waals surface area contributed by atoms with E-state index in [-0.39, 0.29) is 23.4 Å². The van der Waals surface area contributed by atoms with Crippen LogP contribution in [-0.4, -0.2) is 18.7 Å². The van der Waals surface area contributed by atoms with Gasteiger partial charge in [-0.25, -0.2) is 0 Å². The minimum atomic E-state index is -5.08. The Morgan fingerprint density at radius 2 is 1.66 bits per heavy atom. The highest BCUT2D eigenvalue weighted by Gasteiger charge is 2.41. The van der Waals surface area contributed by atoms with Gasteiger partial charge in [0.25, 0.3) is 5.91 Å². The van der Waals surface area contributed by atoms with Gasteiger partial charge in [0.05, 0.1) is 16.7 Å². The Kier molecular flexibility index (Phi) is 9.79. The summed E-state index contributed by atoms with van der Waals surface area (Å²) in [4.78, 5) is 12.4. The zero-order valence-electron chi connectivity index (χ0n) is 18.5. The summed E-state index contributed by atoms with van der Waals surface area (Å²) < 4.78 is 80.0. The lowest BCUT2D eigenvalue weighted by Gasteiger charge is -2.22. The van der Waals surface area contributed by atoms with E-state index in [1.54, 1.807) is 0 Å². The molecule has 182 valence electrons. The molecule has 0 aromatic heterocycles. The molecule has 1 unspecified atom stereocenters. The third-order valence-electron chi connectivity index (χ3n) is 6.20. The number of halogens is 6. The second-order valence-corrected chi connectivity index (χ2v) is 9.31. The molecule has 1 N–H and O–H groups in total. The van der Waals surface area contributed by atoms with Crippen LogP contribution in [0.1, 0.15) is 86.2 Å². The van der Waals surface area contributed by atoms with Gasteiger partial charge in [-0.1, -0.05) is 58.3 Å². The van der Waals surface area contributed by atoms with Crippen molar-refractivity contribution in [2.24, 2.45) is 11.8 Å². The van der Waals surface area contributed by atoms with Crippen molar-refractivity contribution in [2.45, 2.75) is 82.0 Å². The molecule has 32 heavy (non-hydrogen) atoms. The Hall–Kier alpha value is -1.38. The number of thioether (sulfide) groups is 1. The maximum absolute atomic E-state index is 13.6. The smallest absolute Gasteiger partial charge is 0.352 e. The molecule has 9 heteroatoms. The van der Waals surface area contributed by atoms with E-state index in [9.17, 15) is 31.1 Å². The van der Waals surface area contributed by atoms with E-state index in [1.807, 2.05) is 0 Å². The van der Waals surface area contributed by atoms with Gasteiger partial charge in [0.1, 0.15) is 0 Å². The lowest BCUT2D eigenvalue weighted by Crippen LogP contribution is -2.33. The molecular formula is C23H31F6NOS. The van der Waals surface area contributed by atoms with Crippen LogP contribution in [0, 0.1) is 11.8 Å². The number of benzene rings is 1. The predicted octanol–water partition coefficient (Wildman–Crippen LogP) is 7.95. The van der Waals surface area contributed by atoms with E-state index in [2.05, 4.69) is 12.2 Å². The fourth-order valence-electron chi connectivity index (χ4n) is 4.48. The van der Waals surface area contributed by atoms with Crippen molar-refractivity contribution in [3.8, 4) is 0 Å². The first kappa shape index (κ1) is 26.9. The van der Waals surface area contributed by atoms with E-state index in [0.717, 1.165) is 38.5 Å². The van der Waals surface area contributed by atoms with Gasteiger partial charge in [0.2, 0.25) is 0 Å². The number of nitrogens with one attached hydrogen (secondary N) is 1. The molecule has 0 heterocycles. The molecule has 2 atom stereocenters. The van der Waals surface area contributed by atoms with Gasteiger partial charge in [-0.15, -0.1) is 11.8 Å². The van der Waals surface area contributed by atoms with Crippen LogP contribution in [0.5, 0.6) is 0 Å². The molecule has 1 aliphatic carbocycles. The third-order valence-corrected chi connectivity index (χ3v) is 6.96. The largest absolute Gasteiger partial charge is 0.417 e. The number of hydrogen-bond donors (Lipinski definition) is 1. The van der Waals surface area contributed by atoms with E-state index in [4.69, 9.17) is 0 Å². The summed E-state index contributed by atoms with van der Waals surface area (Å²) in [6.45, 7) is 2.39. The average molecular weight is 484 g/mol. The van der Waals surface area contributed by atoms with Crippen molar-refractivity contribution in [3.63, 3.8) is 0 Å². The highest BCUT2D eigenvalue weighted by molar-refractivity contribution is 7.98. The second kappa shape index (κ2) is 11.7. The summed E-state index contributed by atoms with van der Waals surface area (Å²) in [5, 5.41) is 2.59. The lowest BCUT2D eigenvalue weighted by atomic mass is 9.90. The number of unbranched alkanes of at least 4 members (excludes halogenated alkanes) is 4. The van der Waals surface area contributed by atoms with Crippen molar-refractivity contribution in [3.05, 3.63) is 28.8 Å². The number of hydrogen-bond acceptors (Lipinski definition) is 2. The number of amides is 1. The fraction of sp³-hybridized carbons (Fsp3) is 0.696. The zero-order chi connectivity index (χ0) is 23.9. The lowest BCUT2D eigenvalue weighted by molar-refractivity contribution is -0.143. The first-order valence-electron chi connectivity index (χ1n) is 11.1. The van der Waals surface area contributed by atoms with Crippen LogP contribution >= 0.6 is 11.8 Å². The molecule has 1 fully saturated rings. The molecule has 0 radical (unpaired) electrons. The van der Waals surface area contributed by atoms with E-state index >= 15 is 0 Å². The molecule has 1 saturated carbocycles. The monoisotopic (exact) mass is 483 g/mol. The molecular weight excluding hydrogens is 452 g/mol. The minimum Gasteiger partial charge on any atom is -0.352 e. The molecule has 2 rings (SSSR count). The fourth-order valence-corrected chi connectivity index (χ4v) is 5.13. The Bertz CT molecular complexity index is 762. The molecule has 1 aliphatic rings. The molecule has 1 amide bonds. The summed E-state index contributed by atoms with van der Waals surface area (Å²) in [5.74, 6) is -0.359. The van der Waals surface area contributed by atoms with Crippen LogP contribution in [0.2, 0.25) is 0 Å². The van der Waals surface area contributed by atoms with Crippen LogP contribution in [0.15, 0.2) is 17.0 Å². The van der Waals surface area contributed by atoms with Crippen molar-refractivity contribution in [1.29, 1.82) is 0 Å². The van der Waals surface area contributed by atoms with Gasteiger partial charge in [0.15, 0.2) is 0 Å². The maximum atomic E-state index is 13.6. The number of carbonyl (C=O) groups is 1. The third kappa shape index (κ3) is 7.32. The van der Waals surface area contributed by atoms with Gasteiger partial charge >= 0.3 is 12.4 Å². The van der Waals surface area contributed by atoms with Crippen molar-refractivity contribution in [1.82, 2.24) is 5.32 Å². The number of alkyl halides is 6. The van der Waals surface area contributed by atoms with Crippen LogP contribution < -0.4 is 5.32 Å². The summed E-state index contributed by atoms with van der Waals surface area (Å²) in [5.41, 5.74) is -3.69. The molecule has 0 bridgehead atoms. The van der Waals surface area contributed by atoms with Crippen LogP contribution in [-0.2, 0) is 12.4 Å². The maximum Gasteiger partial charge on any atom is 0.417 e. The second-order valence-electron chi connectivity index (χ2n) is 8.46. The quantitative estimate of drug-likeness (QED) is 0.208. The zero-order valence-corrected chi connectivity index (χ0v) is 19.3. The summed E-state index contributed by atoms with van der Waals surface area (Å²) in [6.07, 6.45) is 1.15. The van der Waals surface area contributed by atoms with E-state index < -0.39 is 35.0 Å². The molecule has 2 nitrogen and oxygen atoms in total. The van der Waals surface area contributed by atoms with Crippen molar-refractivity contribution >= 4 is 17.7 Å². The van der Waals surface area contributed by atoms with Gasteiger partial charge in [-0.2, -0.15) is 26.3 Å². The van der Waals surface area contributed by atoms with Gasteiger partial charge in [-0.3, -0.25) is 4.79 Å². The molecule has 1 aromatic rings. The van der Waals surface area contributed by atoms with E-state index in [1.165, 1.54) is 25.5 Å². The Balaban J connectivity index is 2.13. The average Bonchev–Trinajstić information content (AvgIpc) is 3.16. The Morgan fingerprint density at radius 3 is 2.25 bits per heavy atom. The first-order chi connectivity index (χ1) is 15.0. The van der Waals surface area contributed by atoms with Crippen molar-refractivity contribution < 1.29 is 31.1 Å². The van der Waals surface area contributed by atoms with Crippen molar-refractivity contribution in [2.75, 3.05) is 12.8 Å². The Morgan fingerprint density at radius 1 is 1.00 bits per heavy atom. The standard InChI is InChI=1S/C23H31F6NOS/c1-3-4-5-6-7-9-15-10-8-11-16(15)14-30-21(31)20-18(23(27,28)29)12-17(22(24,25)26)13-19(20)32-2/h12-13,15-16H,3-11,14H2,1-2H3,(H,30,31)/t15?,16-/m1/s1. The summed E-state index contributed by atoms with van der Waals surface area (Å²) in [7, 11) is 0. The SMILES string of the molecule is CCCCCCCC1CCC[C@@H]1CNC(=O)c1c(SC)cc(C(F)(F)F)cc1C(F)(F)F. The molecule has 0 saturated heterocycles. The summed E-state index contributed by atoms with van der Waals surface area (Å²) in [6, 6.07) is 0.646. The molecule has 0 aliphatic heterocycles. The number of rotatable bonds is 10. The van der Waals surface area contributed by atoms with Crippen LogP contribution in [0.25, 0.3) is 0 Å². The highest BCUT2D eigenvalue weighted by atomic mass is 32.2. The van der Waals surface area contributed by atoms with Crippen LogP contribution in [0.4, 0.5) is 26.3 Å². The van der Waals surface area contributed by atoms with E-state index in [0.29, 0.717) is 23.7 Å². The van der Waals surface area contributed by atoms with Crippen LogP contribution in [0.3, 0.4) is 0 Å². The molecule has 0 spiro atoms. The Labute approximate surface area is 189 Å². The minimum absolute atomic E-state index is 0.0311. The van der Waals surface area contributed by atoms with Gasteiger partial charge in [-0.05, 0) is 36.6 Å². The van der Waals surface area contributed by atoms with Gasteiger partial charge in [0, 0.05) is 11.4 Å².